The van der Waals surface area contributed by atoms with E-state index in [4.69, 9.17) is 5.73 Å². The highest BCUT2D eigenvalue weighted by Crippen LogP contribution is 2.30. The smallest absolute Gasteiger partial charge is 0.242 e. The van der Waals surface area contributed by atoms with Gasteiger partial charge in [-0.15, -0.1) is 11.8 Å². The first kappa shape index (κ1) is 18.8. The standard InChI is InChI=1S/C15H21N3O4S2/c1-9(2)7-10(14(16)19)17-15(20)11-8-23-12-5-3-4-6-13(12)24(21,22)18-11/h3-6,9-11,18H,7-8H2,1-2H3,(H2,16,19)(H,17,20)/t10-,11-/m0/s1. The van der Waals surface area contributed by atoms with E-state index in [9.17, 15) is 18.0 Å². The van der Waals surface area contributed by atoms with E-state index in [2.05, 4.69) is 10.0 Å². The average Bonchev–Trinajstić information content (AvgIpc) is 2.63. The summed E-state index contributed by atoms with van der Waals surface area (Å²) in [5, 5.41) is 2.56. The normalized spacial score (nSPS) is 20.7. The number of nitrogens with two attached hydrogens (primary N) is 1. The Hall–Kier alpha value is -1.58. The topological polar surface area (TPSA) is 118 Å². The molecule has 0 saturated heterocycles. The van der Waals surface area contributed by atoms with Crippen molar-refractivity contribution in [3.8, 4) is 0 Å². The van der Waals surface area contributed by atoms with Crippen LogP contribution in [0.15, 0.2) is 34.1 Å². The maximum atomic E-state index is 12.4. The van der Waals surface area contributed by atoms with Gasteiger partial charge >= 0.3 is 0 Å². The van der Waals surface area contributed by atoms with Gasteiger partial charge in [0, 0.05) is 10.6 Å². The van der Waals surface area contributed by atoms with E-state index in [-0.39, 0.29) is 16.6 Å². The Morgan fingerprint density at radius 2 is 2.04 bits per heavy atom. The molecule has 9 heteroatoms. The van der Waals surface area contributed by atoms with Crippen LogP contribution in [0, 0.1) is 5.92 Å². The highest BCUT2D eigenvalue weighted by atomic mass is 32.2. The first-order chi connectivity index (χ1) is 11.2. The van der Waals surface area contributed by atoms with Gasteiger partial charge in [-0.3, -0.25) is 9.59 Å². The Kier molecular flexibility index (Phi) is 5.89. The van der Waals surface area contributed by atoms with E-state index in [0.29, 0.717) is 11.3 Å². The van der Waals surface area contributed by atoms with Crippen molar-refractivity contribution in [1.29, 1.82) is 0 Å². The van der Waals surface area contributed by atoms with Crippen LogP contribution in [0.25, 0.3) is 0 Å². The van der Waals surface area contributed by atoms with E-state index in [1.165, 1.54) is 17.8 Å². The van der Waals surface area contributed by atoms with Crippen molar-refractivity contribution < 1.29 is 18.0 Å². The molecule has 0 saturated carbocycles. The monoisotopic (exact) mass is 371 g/mol. The molecule has 2 rings (SSSR count). The SMILES string of the molecule is CC(C)C[C@H](NC(=O)[C@@H]1CSc2ccccc2S(=O)(=O)N1)C(N)=O. The molecule has 7 nitrogen and oxygen atoms in total. The Morgan fingerprint density at radius 1 is 1.38 bits per heavy atom. The summed E-state index contributed by atoms with van der Waals surface area (Å²) in [4.78, 5) is 24.7. The van der Waals surface area contributed by atoms with Gasteiger partial charge in [0.05, 0.1) is 4.90 Å². The molecule has 0 bridgehead atoms. The van der Waals surface area contributed by atoms with Crippen LogP contribution in [0.3, 0.4) is 0 Å². The van der Waals surface area contributed by atoms with Crippen molar-refractivity contribution in [2.45, 2.75) is 42.1 Å². The molecule has 132 valence electrons. The summed E-state index contributed by atoms with van der Waals surface area (Å²) < 4.78 is 27.2. The molecular formula is C15H21N3O4S2. The molecule has 0 aromatic heterocycles. The Balaban J connectivity index is 2.16. The number of carbonyl (C=O) groups excluding carboxylic acids is 2. The molecule has 1 aromatic rings. The summed E-state index contributed by atoms with van der Waals surface area (Å²) in [5.41, 5.74) is 5.32. The van der Waals surface area contributed by atoms with Gasteiger partial charge < -0.3 is 11.1 Å². The highest BCUT2D eigenvalue weighted by Gasteiger charge is 2.32. The zero-order chi connectivity index (χ0) is 17.9. The number of hydrogen-bond donors (Lipinski definition) is 3. The fraction of sp³-hybridized carbons (Fsp3) is 0.467. The van der Waals surface area contributed by atoms with Crippen molar-refractivity contribution >= 4 is 33.6 Å². The van der Waals surface area contributed by atoms with Gasteiger partial charge in [-0.25, -0.2) is 8.42 Å². The molecule has 1 heterocycles. The van der Waals surface area contributed by atoms with Crippen molar-refractivity contribution in [3.05, 3.63) is 24.3 Å². The number of carbonyl (C=O) groups is 2. The first-order valence-electron chi connectivity index (χ1n) is 7.54. The third-order valence-electron chi connectivity index (χ3n) is 3.53. The second-order valence-corrected chi connectivity index (χ2v) is 8.77. The summed E-state index contributed by atoms with van der Waals surface area (Å²) in [5.74, 6) is -0.796. The number of amides is 2. The van der Waals surface area contributed by atoms with Crippen LogP contribution in [0.4, 0.5) is 0 Å². The molecular weight excluding hydrogens is 350 g/mol. The number of hydrogen-bond acceptors (Lipinski definition) is 5. The van der Waals surface area contributed by atoms with E-state index in [0.717, 1.165) is 0 Å². The number of thioether (sulfide) groups is 1. The van der Waals surface area contributed by atoms with Gasteiger partial charge in [0.1, 0.15) is 12.1 Å². The predicted molar refractivity (Wildman–Crippen MR) is 91.9 cm³/mol. The zero-order valence-corrected chi connectivity index (χ0v) is 15.1. The van der Waals surface area contributed by atoms with Crippen molar-refractivity contribution in [1.82, 2.24) is 10.0 Å². The summed E-state index contributed by atoms with van der Waals surface area (Å²) in [7, 11) is -3.80. The fourth-order valence-electron chi connectivity index (χ4n) is 2.37. The van der Waals surface area contributed by atoms with Crippen LogP contribution in [0.1, 0.15) is 20.3 Å². The van der Waals surface area contributed by atoms with Crippen LogP contribution in [0.5, 0.6) is 0 Å². The van der Waals surface area contributed by atoms with Gasteiger partial charge in [-0.05, 0) is 24.5 Å². The number of sulfonamides is 1. The van der Waals surface area contributed by atoms with Crippen LogP contribution >= 0.6 is 11.8 Å². The van der Waals surface area contributed by atoms with Gasteiger partial charge in [0.25, 0.3) is 0 Å². The van der Waals surface area contributed by atoms with Crippen LogP contribution in [0.2, 0.25) is 0 Å². The predicted octanol–water partition coefficient (Wildman–Crippen LogP) is 0.455. The maximum absolute atomic E-state index is 12.4. The van der Waals surface area contributed by atoms with E-state index >= 15 is 0 Å². The number of fused-ring (bicyclic) bond motifs is 1. The minimum atomic E-state index is -3.80. The van der Waals surface area contributed by atoms with Gasteiger partial charge in [-0.1, -0.05) is 26.0 Å². The van der Waals surface area contributed by atoms with E-state index in [1.807, 2.05) is 13.8 Å². The molecule has 2 amide bonds. The molecule has 0 spiro atoms. The van der Waals surface area contributed by atoms with Crippen LogP contribution in [-0.4, -0.2) is 38.1 Å². The van der Waals surface area contributed by atoms with Crippen LogP contribution in [-0.2, 0) is 19.6 Å². The third kappa shape index (κ3) is 4.49. The maximum Gasteiger partial charge on any atom is 0.242 e. The Bertz CT molecular complexity index is 734. The van der Waals surface area contributed by atoms with E-state index in [1.54, 1.807) is 18.2 Å². The van der Waals surface area contributed by atoms with Crippen molar-refractivity contribution in [2.24, 2.45) is 11.7 Å². The van der Waals surface area contributed by atoms with Gasteiger partial charge in [0.15, 0.2) is 0 Å². The Morgan fingerprint density at radius 3 is 2.67 bits per heavy atom. The van der Waals surface area contributed by atoms with Gasteiger partial charge in [0.2, 0.25) is 21.8 Å². The minimum Gasteiger partial charge on any atom is -0.368 e. The number of rotatable bonds is 5. The lowest BCUT2D eigenvalue weighted by molar-refractivity contribution is -0.128. The molecule has 0 aliphatic carbocycles. The van der Waals surface area contributed by atoms with Gasteiger partial charge in [-0.2, -0.15) is 4.72 Å². The first-order valence-corrected chi connectivity index (χ1v) is 10.0. The molecule has 24 heavy (non-hydrogen) atoms. The number of benzene rings is 1. The quantitative estimate of drug-likeness (QED) is 0.695. The number of primary amides is 1. The highest BCUT2D eigenvalue weighted by molar-refractivity contribution is 8.00. The zero-order valence-electron chi connectivity index (χ0n) is 13.5. The molecule has 1 aromatic carbocycles. The fourth-order valence-corrected chi connectivity index (χ4v) is 5.23. The van der Waals surface area contributed by atoms with Crippen LogP contribution < -0.4 is 15.8 Å². The third-order valence-corrected chi connectivity index (χ3v) is 6.35. The molecule has 0 radical (unpaired) electrons. The molecule has 0 unspecified atom stereocenters. The minimum absolute atomic E-state index is 0.152. The molecule has 2 atom stereocenters. The lowest BCUT2D eigenvalue weighted by Crippen LogP contribution is -2.53. The molecule has 4 N–H and O–H groups in total. The molecule has 0 fully saturated rings. The molecule has 1 aliphatic rings. The van der Waals surface area contributed by atoms with Crippen molar-refractivity contribution in [2.75, 3.05) is 5.75 Å². The average molecular weight is 371 g/mol. The Labute approximate surface area is 145 Å². The summed E-state index contributed by atoms with van der Waals surface area (Å²) in [6, 6.07) is 4.78. The van der Waals surface area contributed by atoms with E-state index < -0.39 is 33.9 Å². The second-order valence-electron chi connectivity index (χ2n) is 6.02. The van der Waals surface area contributed by atoms with Crippen molar-refractivity contribution in [3.63, 3.8) is 0 Å². The summed E-state index contributed by atoms with van der Waals surface area (Å²) in [6.45, 7) is 3.81. The summed E-state index contributed by atoms with van der Waals surface area (Å²) >= 11 is 1.28. The molecule has 1 aliphatic heterocycles. The lowest BCUT2D eigenvalue weighted by Gasteiger charge is -2.21. The summed E-state index contributed by atoms with van der Waals surface area (Å²) in [6.07, 6.45) is 0.397. The lowest BCUT2D eigenvalue weighted by atomic mass is 10.0. The second kappa shape index (κ2) is 7.54. The largest absolute Gasteiger partial charge is 0.368 e. The number of nitrogens with one attached hydrogen (secondary N) is 2.